The maximum atomic E-state index is 11.7. The molecule has 4 heteroatoms. The average molecular weight is 299 g/mol. The summed E-state index contributed by atoms with van der Waals surface area (Å²) >= 11 is 0. The van der Waals surface area contributed by atoms with Gasteiger partial charge in [0.05, 0.1) is 0 Å². The van der Waals surface area contributed by atoms with E-state index in [1.165, 1.54) is 17.7 Å². The number of carbonyl (C=O) groups is 1. The molecular weight excluding hydrogens is 278 g/mol. The van der Waals surface area contributed by atoms with Crippen molar-refractivity contribution in [3.8, 4) is 11.5 Å². The van der Waals surface area contributed by atoms with E-state index < -0.39 is 0 Å². The first-order valence-electron chi connectivity index (χ1n) is 7.46. The Morgan fingerprint density at radius 2 is 1.68 bits per heavy atom. The number of benzene rings is 2. The first-order chi connectivity index (χ1) is 10.6. The van der Waals surface area contributed by atoms with Crippen LogP contribution < -0.4 is 5.32 Å². The lowest BCUT2D eigenvalue weighted by Crippen LogP contribution is -2.25. The third-order valence-electron chi connectivity index (χ3n) is 3.49. The van der Waals surface area contributed by atoms with Crippen LogP contribution in [0.1, 0.15) is 24.0 Å². The van der Waals surface area contributed by atoms with Crippen molar-refractivity contribution in [1.82, 2.24) is 5.32 Å². The summed E-state index contributed by atoms with van der Waals surface area (Å²) in [5, 5.41) is 21.5. The lowest BCUT2D eigenvalue weighted by atomic mass is 10.1. The predicted molar refractivity (Wildman–Crippen MR) is 85.9 cm³/mol. The summed E-state index contributed by atoms with van der Waals surface area (Å²) in [6, 6.07) is 14.8. The van der Waals surface area contributed by atoms with Crippen LogP contribution in [0, 0.1) is 0 Å². The fourth-order valence-corrected chi connectivity index (χ4v) is 2.26. The normalized spacial score (nSPS) is 10.4. The zero-order valence-corrected chi connectivity index (χ0v) is 12.5. The van der Waals surface area contributed by atoms with Crippen molar-refractivity contribution in [2.75, 3.05) is 6.54 Å². The van der Waals surface area contributed by atoms with Crippen LogP contribution in [0.25, 0.3) is 0 Å². The molecule has 0 aromatic heterocycles. The van der Waals surface area contributed by atoms with Gasteiger partial charge in [-0.3, -0.25) is 4.79 Å². The average Bonchev–Trinajstić information content (AvgIpc) is 2.52. The lowest BCUT2D eigenvalue weighted by Gasteiger charge is -2.06. The molecule has 0 unspecified atom stereocenters. The van der Waals surface area contributed by atoms with Gasteiger partial charge < -0.3 is 15.5 Å². The second-order valence-electron chi connectivity index (χ2n) is 5.26. The van der Waals surface area contributed by atoms with E-state index in [0.29, 0.717) is 19.4 Å². The van der Waals surface area contributed by atoms with Gasteiger partial charge in [0.1, 0.15) is 0 Å². The zero-order chi connectivity index (χ0) is 15.8. The number of phenolic OH excluding ortho intramolecular Hbond substituents is 2. The molecule has 0 aliphatic rings. The lowest BCUT2D eigenvalue weighted by molar-refractivity contribution is -0.121. The minimum absolute atomic E-state index is 0.0407. The molecule has 0 atom stereocenters. The van der Waals surface area contributed by atoms with Gasteiger partial charge in [0.2, 0.25) is 5.91 Å². The van der Waals surface area contributed by atoms with E-state index in [-0.39, 0.29) is 17.4 Å². The van der Waals surface area contributed by atoms with Crippen LogP contribution in [0.4, 0.5) is 0 Å². The van der Waals surface area contributed by atoms with Gasteiger partial charge >= 0.3 is 0 Å². The quantitative estimate of drug-likeness (QED) is 0.689. The van der Waals surface area contributed by atoms with E-state index in [4.69, 9.17) is 0 Å². The summed E-state index contributed by atoms with van der Waals surface area (Å²) in [5.74, 6) is -0.223. The summed E-state index contributed by atoms with van der Waals surface area (Å²) in [6.45, 7) is 0.522. The van der Waals surface area contributed by atoms with E-state index in [1.807, 2.05) is 18.2 Å². The topological polar surface area (TPSA) is 69.6 Å². The number of aryl methyl sites for hydroxylation is 1. The number of carbonyl (C=O) groups excluding carboxylic acids is 1. The second kappa shape index (κ2) is 8.08. The SMILES string of the molecule is O=C(CCCc1ccccc1)NCCc1ccc(O)c(O)c1. The summed E-state index contributed by atoms with van der Waals surface area (Å²) in [6.07, 6.45) is 2.87. The van der Waals surface area contributed by atoms with Gasteiger partial charge in [0, 0.05) is 13.0 Å². The number of hydrogen-bond donors (Lipinski definition) is 3. The molecule has 0 saturated heterocycles. The van der Waals surface area contributed by atoms with Gasteiger partial charge in [-0.05, 0) is 42.5 Å². The summed E-state index contributed by atoms with van der Waals surface area (Å²) in [7, 11) is 0. The molecular formula is C18H21NO3. The number of aromatic hydroxyl groups is 2. The van der Waals surface area contributed by atoms with E-state index in [0.717, 1.165) is 18.4 Å². The van der Waals surface area contributed by atoms with Gasteiger partial charge in [-0.25, -0.2) is 0 Å². The van der Waals surface area contributed by atoms with Gasteiger partial charge in [0.25, 0.3) is 0 Å². The van der Waals surface area contributed by atoms with Crippen molar-refractivity contribution in [3.63, 3.8) is 0 Å². The van der Waals surface area contributed by atoms with Crippen molar-refractivity contribution in [2.24, 2.45) is 0 Å². The first-order valence-corrected chi connectivity index (χ1v) is 7.46. The van der Waals surface area contributed by atoms with E-state index in [9.17, 15) is 15.0 Å². The number of amides is 1. The molecule has 22 heavy (non-hydrogen) atoms. The maximum Gasteiger partial charge on any atom is 0.220 e. The van der Waals surface area contributed by atoms with Crippen molar-refractivity contribution in [2.45, 2.75) is 25.7 Å². The van der Waals surface area contributed by atoms with Crippen LogP contribution in [0.15, 0.2) is 48.5 Å². The van der Waals surface area contributed by atoms with Crippen LogP contribution in [0.3, 0.4) is 0 Å². The minimum atomic E-state index is -0.133. The molecule has 0 spiro atoms. The summed E-state index contributed by atoms with van der Waals surface area (Å²) in [5.41, 5.74) is 2.12. The van der Waals surface area contributed by atoms with Crippen molar-refractivity contribution >= 4 is 5.91 Å². The van der Waals surface area contributed by atoms with Crippen molar-refractivity contribution in [1.29, 1.82) is 0 Å². The minimum Gasteiger partial charge on any atom is -0.504 e. The molecule has 0 radical (unpaired) electrons. The predicted octanol–water partition coefficient (Wildman–Crippen LogP) is 2.78. The van der Waals surface area contributed by atoms with Crippen LogP contribution in [-0.4, -0.2) is 22.7 Å². The third kappa shape index (κ3) is 5.13. The van der Waals surface area contributed by atoms with Crippen LogP contribution in [-0.2, 0) is 17.6 Å². The molecule has 0 saturated carbocycles. The third-order valence-corrected chi connectivity index (χ3v) is 3.49. The highest BCUT2D eigenvalue weighted by atomic mass is 16.3. The molecule has 3 N–H and O–H groups in total. The standard InChI is InChI=1S/C18H21NO3/c20-16-10-9-15(13-17(16)21)11-12-19-18(22)8-4-7-14-5-2-1-3-6-14/h1-3,5-6,9-10,13,20-21H,4,7-8,11-12H2,(H,19,22). The van der Waals surface area contributed by atoms with E-state index >= 15 is 0 Å². The molecule has 2 rings (SSSR count). The van der Waals surface area contributed by atoms with E-state index in [2.05, 4.69) is 17.4 Å². The molecule has 2 aromatic carbocycles. The largest absolute Gasteiger partial charge is 0.504 e. The van der Waals surface area contributed by atoms with Crippen LogP contribution in [0.5, 0.6) is 11.5 Å². The van der Waals surface area contributed by atoms with Gasteiger partial charge in [-0.1, -0.05) is 36.4 Å². The van der Waals surface area contributed by atoms with Crippen molar-refractivity contribution < 1.29 is 15.0 Å². The fourth-order valence-electron chi connectivity index (χ4n) is 2.26. The Morgan fingerprint density at radius 1 is 0.909 bits per heavy atom. The molecule has 0 aliphatic heterocycles. The molecule has 116 valence electrons. The number of nitrogens with one attached hydrogen (secondary N) is 1. The Bertz CT molecular complexity index is 611. The van der Waals surface area contributed by atoms with Crippen molar-refractivity contribution in [3.05, 3.63) is 59.7 Å². The Labute approximate surface area is 130 Å². The highest BCUT2D eigenvalue weighted by Gasteiger charge is 2.03. The Hall–Kier alpha value is -2.49. The molecule has 0 aliphatic carbocycles. The smallest absolute Gasteiger partial charge is 0.220 e. The monoisotopic (exact) mass is 299 g/mol. The molecule has 0 heterocycles. The molecule has 1 amide bonds. The summed E-state index contributed by atoms with van der Waals surface area (Å²) < 4.78 is 0. The Kier molecular flexibility index (Phi) is 5.83. The Balaban J connectivity index is 1.64. The van der Waals surface area contributed by atoms with Crippen LogP contribution >= 0.6 is 0 Å². The fraction of sp³-hybridized carbons (Fsp3) is 0.278. The summed E-state index contributed by atoms with van der Waals surface area (Å²) in [4.78, 5) is 11.7. The molecule has 0 fully saturated rings. The highest BCUT2D eigenvalue weighted by molar-refractivity contribution is 5.75. The molecule has 4 nitrogen and oxygen atoms in total. The van der Waals surface area contributed by atoms with Gasteiger partial charge in [-0.15, -0.1) is 0 Å². The number of phenols is 2. The number of hydrogen-bond acceptors (Lipinski definition) is 3. The zero-order valence-electron chi connectivity index (χ0n) is 12.5. The van der Waals surface area contributed by atoms with Crippen LogP contribution in [0.2, 0.25) is 0 Å². The van der Waals surface area contributed by atoms with Gasteiger partial charge in [-0.2, -0.15) is 0 Å². The highest BCUT2D eigenvalue weighted by Crippen LogP contribution is 2.24. The van der Waals surface area contributed by atoms with E-state index in [1.54, 1.807) is 6.07 Å². The first kappa shape index (κ1) is 15.9. The maximum absolute atomic E-state index is 11.7. The molecule has 2 aromatic rings. The Morgan fingerprint density at radius 3 is 2.41 bits per heavy atom. The second-order valence-corrected chi connectivity index (χ2v) is 5.26. The van der Waals surface area contributed by atoms with Gasteiger partial charge in [0.15, 0.2) is 11.5 Å². The molecule has 0 bridgehead atoms. The number of rotatable bonds is 7.